The Bertz CT molecular complexity index is 1070. The van der Waals surface area contributed by atoms with Gasteiger partial charge in [-0.1, -0.05) is 34.5 Å². The molecule has 0 saturated heterocycles. The molecular weight excluding hydrogens is 410 g/mol. The van der Waals surface area contributed by atoms with Gasteiger partial charge in [0.15, 0.2) is 15.0 Å². The van der Waals surface area contributed by atoms with E-state index in [0.29, 0.717) is 20.3 Å². The van der Waals surface area contributed by atoms with Crippen molar-refractivity contribution in [3.63, 3.8) is 0 Å². The fraction of sp³-hybridized carbons (Fsp3) is 0.0667. The zero-order valence-electron chi connectivity index (χ0n) is 12.3. The number of halogens is 3. The van der Waals surface area contributed by atoms with Crippen molar-refractivity contribution in [1.29, 1.82) is 0 Å². The van der Waals surface area contributed by atoms with E-state index >= 15 is 0 Å². The molecular formula is C15H9Cl2FN2O3S2. The summed E-state index contributed by atoms with van der Waals surface area (Å²) in [6.45, 7) is 0. The molecule has 0 spiro atoms. The summed E-state index contributed by atoms with van der Waals surface area (Å²) >= 11 is 13.1. The Balaban J connectivity index is 1.78. The van der Waals surface area contributed by atoms with Crippen molar-refractivity contribution in [3.8, 4) is 0 Å². The maximum atomic E-state index is 12.9. The summed E-state index contributed by atoms with van der Waals surface area (Å²) < 4.78 is 37.9. The molecule has 25 heavy (non-hydrogen) atoms. The van der Waals surface area contributed by atoms with Gasteiger partial charge in [-0.15, -0.1) is 0 Å². The monoisotopic (exact) mass is 418 g/mol. The lowest BCUT2D eigenvalue weighted by Crippen LogP contribution is -2.22. The highest BCUT2D eigenvalue weighted by Gasteiger charge is 2.20. The number of nitrogens with zero attached hydrogens (tertiary/aromatic N) is 1. The van der Waals surface area contributed by atoms with Crippen LogP contribution in [0, 0.1) is 5.82 Å². The van der Waals surface area contributed by atoms with E-state index in [0.717, 1.165) is 35.6 Å². The number of benzene rings is 2. The minimum atomic E-state index is -3.89. The number of sulfone groups is 1. The van der Waals surface area contributed by atoms with E-state index < -0.39 is 27.3 Å². The number of hydrogen-bond donors (Lipinski definition) is 1. The van der Waals surface area contributed by atoms with Crippen molar-refractivity contribution in [2.24, 2.45) is 0 Å². The molecule has 1 aromatic heterocycles. The Morgan fingerprint density at radius 1 is 1.20 bits per heavy atom. The molecule has 3 rings (SSSR count). The first-order valence-corrected chi connectivity index (χ1v) is 10.0. The average molecular weight is 419 g/mol. The Hall–Kier alpha value is -1.74. The predicted molar refractivity (Wildman–Crippen MR) is 96.7 cm³/mol. The second kappa shape index (κ2) is 6.87. The summed E-state index contributed by atoms with van der Waals surface area (Å²) in [5.74, 6) is -2.11. The van der Waals surface area contributed by atoms with Gasteiger partial charge in [0.05, 0.1) is 14.6 Å². The van der Waals surface area contributed by atoms with E-state index in [1.165, 1.54) is 6.07 Å². The SMILES string of the molecule is O=C(CS(=O)(=O)c1ccc(F)cc1)Nc1nc2c(Cl)cc(Cl)cc2s1. The Kier molecular flexibility index (Phi) is 4.97. The van der Waals surface area contributed by atoms with Crippen LogP contribution in [0.15, 0.2) is 41.3 Å². The Morgan fingerprint density at radius 3 is 2.56 bits per heavy atom. The fourth-order valence-corrected chi connectivity index (χ4v) is 4.80. The van der Waals surface area contributed by atoms with Crippen molar-refractivity contribution < 1.29 is 17.6 Å². The fourth-order valence-electron chi connectivity index (χ4n) is 2.06. The van der Waals surface area contributed by atoms with Crippen molar-refractivity contribution in [3.05, 3.63) is 52.3 Å². The van der Waals surface area contributed by atoms with Crippen LogP contribution in [0.1, 0.15) is 0 Å². The van der Waals surface area contributed by atoms with Gasteiger partial charge in [0.1, 0.15) is 17.1 Å². The Labute approximate surface area is 156 Å². The predicted octanol–water partition coefficient (Wildman–Crippen LogP) is 4.15. The first kappa shape index (κ1) is 18.1. The molecule has 1 amide bonds. The summed E-state index contributed by atoms with van der Waals surface area (Å²) in [5, 5.41) is 3.40. The van der Waals surface area contributed by atoms with Crippen molar-refractivity contribution in [2.45, 2.75) is 4.90 Å². The van der Waals surface area contributed by atoms with Gasteiger partial charge >= 0.3 is 0 Å². The third kappa shape index (κ3) is 4.09. The van der Waals surface area contributed by atoms with Gasteiger partial charge in [-0.05, 0) is 36.4 Å². The maximum absolute atomic E-state index is 12.9. The van der Waals surface area contributed by atoms with E-state index in [4.69, 9.17) is 23.2 Å². The van der Waals surface area contributed by atoms with Crippen LogP contribution in [-0.2, 0) is 14.6 Å². The van der Waals surface area contributed by atoms with Gasteiger partial charge in [0, 0.05) is 5.02 Å². The number of rotatable bonds is 4. The molecule has 5 nitrogen and oxygen atoms in total. The van der Waals surface area contributed by atoms with Crippen molar-refractivity contribution in [2.75, 3.05) is 11.1 Å². The van der Waals surface area contributed by atoms with Crippen molar-refractivity contribution >= 4 is 65.6 Å². The van der Waals surface area contributed by atoms with Crippen LogP contribution in [0.3, 0.4) is 0 Å². The molecule has 0 atom stereocenters. The second-order valence-electron chi connectivity index (χ2n) is 5.01. The minimum absolute atomic E-state index is 0.136. The highest BCUT2D eigenvalue weighted by atomic mass is 35.5. The molecule has 3 aromatic rings. The number of fused-ring (bicyclic) bond motifs is 1. The molecule has 0 unspecified atom stereocenters. The molecule has 0 aliphatic carbocycles. The highest BCUT2D eigenvalue weighted by Crippen LogP contribution is 2.33. The highest BCUT2D eigenvalue weighted by molar-refractivity contribution is 7.92. The van der Waals surface area contributed by atoms with E-state index in [2.05, 4.69) is 10.3 Å². The molecule has 2 aromatic carbocycles. The van der Waals surface area contributed by atoms with Gasteiger partial charge < -0.3 is 5.32 Å². The van der Waals surface area contributed by atoms with E-state index in [1.807, 2.05) is 0 Å². The van der Waals surface area contributed by atoms with Crippen LogP contribution in [0.5, 0.6) is 0 Å². The summed E-state index contributed by atoms with van der Waals surface area (Å²) in [4.78, 5) is 16.1. The Morgan fingerprint density at radius 2 is 1.88 bits per heavy atom. The van der Waals surface area contributed by atoms with Gasteiger partial charge in [0.25, 0.3) is 0 Å². The first-order valence-electron chi connectivity index (χ1n) is 6.78. The molecule has 0 aliphatic rings. The summed E-state index contributed by atoms with van der Waals surface area (Å²) in [6.07, 6.45) is 0. The van der Waals surface area contributed by atoms with E-state index in [9.17, 15) is 17.6 Å². The number of nitrogens with one attached hydrogen (secondary N) is 1. The number of carbonyl (C=O) groups excluding carboxylic acids is 1. The maximum Gasteiger partial charge on any atom is 0.241 e. The van der Waals surface area contributed by atoms with Gasteiger partial charge in [-0.2, -0.15) is 0 Å². The number of amides is 1. The minimum Gasteiger partial charge on any atom is -0.301 e. The van der Waals surface area contributed by atoms with Crippen LogP contribution in [0.4, 0.5) is 9.52 Å². The van der Waals surface area contributed by atoms with Crippen LogP contribution in [0.2, 0.25) is 10.0 Å². The largest absolute Gasteiger partial charge is 0.301 e. The molecule has 0 aliphatic heterocycles. The molecule has 0 fully saturated rings. The lowest BCUT2D eigenvalue weighted by Gasteiger charge is -2.04. The summed E-state index contributed by atoms with van der Waals surface area (Å²) in [5.41, 5.74) is 0.466. The number of aromatic nitrogens is 1. The second-order valence-corrected chi connectivity index (χ2v) is 8.88. The number of thiazole rings is 1. The average Bonchev–Trinajstić information content (AvgIpc) is 2.89. The quantitative estimate of drug-likeness (QED) is 0.645. The number of anilines is 1. The van der Waals surface area contributed by atoms with Crippen molar-refractivity contribution in [1.82, 2.24) is 4.98 Å². The summed E-state index contributed by atoms with van der Waals surface area (Å²) in [6, 6.07) is 7.42. The number of carbonyl (C=O) groups is 1. The molecule has 0 saturated carbocycles. The van der Waals surface area contributed by atoms with E-state index in [-0.39, 0.29) is 10.0 Å². The zero-order valence-corrected chi connectivity index (χ0v) is 15.4. The number of hydrogen-bond acceptors (Lipinski definition) is 5. The lowest BCUT2D eigenvalue weighted by molar-refractivity contribution is -0.113. The smallest absolute Gasteiger partial charge is 0.241 e. The third-order valence-corrected chi connectivity index (χ3v) is 6.21. The third-order valence-electron chi connectivity index (χ3n) is 3.15. The van der Waals surface area contributed by atoms with Gasteiger partial charge in [0.2, 0.25) is 5.91 Å². The summed E-state index contributed by atoms with van der Waals surface area (Å²) in [7, 11) is -3.89. The van der Waals surface area contributed by atoms with Gasteiger partial charge in [-0.3, -0.25) is 4.79 Å². The molecule has 1 heterocycles. The van der Waals surface area contributed by atoms with Gasteiger partial charge in [-0.25, -0.2) is 17.8 Å². The van der Waals surface area contributed by atoms with Crippen LogP contribution in [-0.4, -0.2) is 25.1 Å². The normalized spacial score (nSPS) is 11.6. The molecule has 10 heteroatoms. The molecule has 0 radical (unpaired) electrons. The van der Waals surface area contributed by atoms with Crippen LogP contribution >= 0.6 is 34.5 Å². The lowest BCUT2D eigenvalue weighted by atomic mass is 10.3. The standard InChI is InChI=1S/C15H9Cl2FN2O3S2/c16-8-5-11(17)14-12(6-8)24-15(20-14)19-13(21)7-25(22,23)10-3-1-9(18)2-4-10/h1-6H,7H2,(H,19,20,21). The molecule has 1 N–H and O–H groups in total. The molecule has 130 valence electrons. The molecule has 0 bridgehead atoms. The zero-order chi connectivity index (χ0) is 18.2. The van der Waals surface area contributed by atoms with Crippen LogP contribution in [0.25, 0.3) is 10.2 Å². The first-order chi connectivity index (χ1) is 11.7. The van der Waals surface area contributed by atoms with Crippen LogP contribution < -0.4 is 5.32 Å². The van der Waals surface area contributed by atoms with E-state index in [1.54, 1.807) is 6.07 Å². The topological polar surface area (TPSA) is 76.1 Å².